The van der Waals surface area contributed by atoms with E-state index >= 15 is 0 Å². The van der Waals surface area contributed by atoms with Crippen LogP contribution >= 0.6 is 11.6 Å². The highest BCUT2D eigenvalue weighted by molar-refractivity contribution is 6.17. The monoisotopic (exact) mass is 241 g/mol. The number of alkyl halides is 1. The summed E-state index contributed by atoms with van der Waals surface area (Å²) in [5.74, 6) is 1.96. The van der Waals surface area contributed by atoms with Crippen LogP contribution in [0.2, 0.25) is 0 Å². The molecule has 0 unspecified atom stereocenters. The second-order valence-electron chi connectivity index (χ2n) is 4.42. The Kier molecular flexibility index (Phi) is 5.61. The third kappa shape index (κ3) is 4.40. The fraction of sp³-hybridized carbons (Fsp3) is 0.615. The van der Waals surface area contributed by atoms with E-state index in [0.717, 1.165) is 36.1 Å². The van der Waals surface area contributed by atoms with Crippen molar-refractivity contribution in [1.29, 1.82) is 0 Å². The highest BCUT2D eigenvalue weighted by Crippen LogP contribution is 2.19. The van der Waals surface area contributed by atoms with Gasteiger partial charge in [0.25, 0.3) is 0 Å². The second-order valence-corrected chi connectivity index (χ2v) is 4.68. The summed E-state index contributed by atoms with van der Waals surface area (Å²) in [6, 6.07) is 3.91. The van der Waals surface area contributed by atoms with Crippen LogP contribution in [0.15, 0.2) is 12.1 Å². The van der Waals surface area contributed by atoms with Crippen molar-refractivity contribution >= 4 is 11.6 Å². The van der Waals surface area contributed by atoms with Gasteiger partial charge in [0.2, 0.25) is 0 Å². The van der Waals surface area contributed by atoms with Crippen LogP contribution < -0.4 is 4.74 Å². The molecule has 0 saturated carbocycles. The molecule has 0 bridgehead atoms. The molecular formula is C13H20ClNO. The number of ether oxygens (including phenoxy) is 1. The molecule has 2 nitrogen and oxygen atoms in total. The van der Waals surface area contributed by atoms with Crippen molar-refractivity contribution in [2.24, 2.45) is 5.92 Å². The van der Waals surface area contributed by atoms with Gasteiger partial charge in [-0.05, 0) is 37.8 Å². The van der Waals surface area contributed by atoms with Crippen LogP contribution in [-0.2, 0) is 5.88 Å². The number of nitrogens with zero attached hydrogens (tertiary/aromatic N) is 1. The number of rotatable bonds is 6. The Morgan fingerprint density at radius 2 is 2.12 bits per heavy atom. The zero-order chi connectivity index (χ0) is 12.0. The van der Waals surface area contributed by atoms with E-state index in [-0.39, 0.29) is 0 Å². The van der Waals surface area contributed by atoms with Crippen LogP contribution in [0.4, 0.5) is 0 Å². The third-order valence-electron chi connectivity index (χ3n) is 2.38. The van der Waals surface area contributed by atoms with Crippen molar-refractivity contribution in [2.45, 2.75) is 39.5 Å². The minimum atomic E-state index is 0.404. The maximum Gasteiger partial charge on any atom is 0.142 e. The van der Waals surface area contributed by atoms with E-state index in [0.29, 0.717) is 5.88 Å². The van der Waals surface area contributed by atoms with Gasteiger partial charge in [-0.15, -0.1) is 11.6 Å². The topological polar surface area (TPSA) is 22.1 Å². The first kappa shape index (κ1) is 13.3. The standard InChI is InChI=1S/C13H20ClNO/c1-10(2)5-4-8-16-13-7-6-11(3)15-12(13)9-14/h6-7,10H,4-5,8-9H2,1-3H3. The van der Waals surface area contributed by atoms with Gasteiger partial charge >= 0.3 is 0 Å². The number of halogens is 1. The van der Waals surface area contributed by atoms with E-state index in [2.05, 4.69) is 18.8 Å². The molecule has 0 aromatic carbocycles. The molecular weight excluding hydrogens is 222 g/mol. The fourth-order valence-corrected chi connectivity index (χ4v) is 1.69. The van der Waals surface area contributed by atoms with E-state index in [1.807, 2.05) is 19.1 Å². The minimum Gasteiger partial charge on any atom is -0.492 e. The predicted octanol–water partition coefficient (Wildman–Crippen LogP) is 3.94. The lowest BCUT2D eigenvalue weighted by Crippen LogP contribution is -2.03. The first-order chi connectivity index (χ1) is 7.63. The van der Waals surface area contributed by atoms with Crippen molar-refractivity contribution in [1.82, 2.24) is 4.98 Å². The number of hydrogen-bond acceptors (Lipinski definition) is 2. The van der Waals surface area contributed by atoms with E-state index in [9.17, 15) is 0 Å². The molecule has 0 fully saturated rings. The average Bonchev–Trinajstić information content (AvgIpc) is 2.25. The van der Waals surface area contributed by atoms with Gasteiger partial charge in [0.1, 0.15) is 5.75 Å². The van der Waals surface area contributed by atoms with Crippen LogP contribution in [0.1, 0.15) is 38.1 Å². The Labute approximate surface area is 103 Å². The molecule has 0 amide bonds. The normalized spacial score (nSPS) is 10.8. The molecule has 1 aromatic heterocycles. The Bertz CT molecular complexity index is 326. The maximum atomic E-state index is 5.82. The Morgan fingerprint density at radius 1 is 1.38 bits per heavy atom. The van der Waals surface area contributed by atoms with E-state index in [1.165, 1.54) is 6.42 Å². The van der Waals surface area contributed by atoms with Crippen molar-refractivity contribution in [3.8, 4) is 5.75 Å². The van der Waals surface area contributed by atoms with E-state index in [4.69, 9.17) is 16.3 Å². The van der Waals surface area contributed by atoms with E-state index in [1.54, 1.807) is 0 Å². The first-order valence-corrected chi connectivity index (χ1v) is 6.32. The zero-order valence-electron chi connectivity index (χ0n) is 10.3. The summed E-state index contributed by atoms with van der Waals surface area (Å²) in [6.07, 6.45) is 2.27. The SMILES string of the molecule is Cc1ccc(OCCCC(C)C)c(CCl)n1. The lowest BCUT2D eigenvalue weighted by molar-refractivity contribution is 0.294. The number of pyridine rings is 1. The van der Waals surface area contributed by atoms with Crippen molar-refractivity contribution in [3.05, 3.63) is 23.5 Å². The summed E-state index contributed by atoms with van der Waals surface area (Å²) >= 11 is 5.82. The average molecular weight is 242 g/mol. The summed E-state index contributed by atoms with van der Waals surface area (Å²) in [5, 5.41) is 0. The Morgan fingerprint density at radius 3 is 2.75 bits per heavy atom. The summed E-state index contributed by atoms with van der Waals surface area (Å²) < 4.78 is 5.69. The molecule has 1 aromatic rings. The molecule has 3 heteroatoms. The van der Waals surface area contributed by atoms with Gasteiger partial charge in [-0.3, -0.25) is 4.98 Å². The maximum absolute atomic E-state index is 5.82. The van der Waals surface area contributed by atoms with Gasteiger partial charge < -0.3 is 4.74 Å². The van der Waals surface area contributed by atoms with E-state index < -0.39 is 0 Å². The number of aryl methyl sites for hydroxylation is 1. The van der Waals surface area contributed by atoms with Crippen molar-refractivity contribution < 1.29 is 4.74 Å². The molecule has 0 aliphatic heterocycles. The molecule has 1 rings (SSSR count). The molecule has 1 heterocycles. The number of aromatic nitrogens is 1. The Balaban J connectivity index is 2.47. The largest absolute Gasteiger partial charge is 0.492 e. The highest BCUT2D eigenvalue weighted by atomic mass is 35.5. The van der Waals surface area contributed by atoms with Gasteiger partial charge in [0, 0.05) is 5.69 Å². The van der Waals surface area contributed by atoms with Gasteiger partial charge in [-0.1, -0.05) is 13.8 Å². The fourth-order valence-electron chi connectivity index (χ4n) is 1.50. The van der Waals surface area contributed by atoms with Crippen LogP contribution in [0.3, 0.4) is 0 Å². The van der Waals surface area contributed by atoms with Gasteiger partial charge in [0.05, 0.1) is 18.2 Å². The number of hydrogen-bond donors (Lipinski definition) is 0. The van der Waals surface area contributed by atoms with Crippen LogP contribution in [-0.4, -0.2) is 11.6 Å². The summed E-state index contributed by atoms with van der Waals surface area (Å²) in [4.78, 5) is 4.35. The summed E-state index contributed by atoms with van der Waals surface area (Å²) in [5.41, 5.74) is 1.82. The summed E-state index contributed by atoms with van der Waals surface area (Å²) in [7, 11) is 0. The smallest absolute Gasteiger partial charge is 0.142 e. The van der Waals surface area contributed by atoms with Crippen molar-refractivity contribution in [2.75, 3.05) is 6.61 Å². The second kappa shape index (κ2) is 6.74. The molecule has 0 aliphatic carbocycles. The first-order valence-electron chi connectivity index (χ1n) is 5.78. The van der Waals surface area contributed by atoms with Crippen LogP contribution in [0.5, 0.6) is 5.75 Å². The molecule has 0 N–H and O–H groups in total. The molecule has 90 valence electrons. The quantitative estimate of drug-likeness (QED) is 0.556. The van der Waals surface area contributed by atoms with Gasteiger partial charge in [-0.2, -0.15) is 0 Å². The van der Waals surface area contributed by atoms with Crippen LogP contribution in [0.25, 0.3) is 0 Å². The molecule has 0 aliphatic rings. The Hall–Kier alpha value is -0.760. The van der Waals surface area contributed by atoms with Crippen LogP contribution in [0, 0.1) is 12.8 Å². The third-order valence-corrected chi connectivity index (χ3v) is 2.63. The highest BCUT2D eigenvalue weighted by Gasteiger charge is 2.04. The minimum absolute atomic E-state index is 0.404. The molecule has 0 atom stereocenters. The van der Waals surface area contributed by atoms with Crippen molar-refractivity contribution in [3.63, 3.8) is 0 Å². The zero-order valence-corrected chi connectivity index (χ0v) is 11.0. The predicted molar refractivity (Wildman–Crippen MR) is 68.1 cm³/mol. The van der Waals surface area contributed by atoms with Gasteiger partial charge in [0.15, 0.2) is 0 Å². The molecule has 0 radical (unpaired) electrons. The van der Waals surface area contributed by atoms with Gasteiger partial charge in [-0.25, -0.2) is 0 Å². The molecule has 16 heavy (non-hydrogen) atoms. The molecule has 0 spiro atoms. The molecule has 0 saturated heterocycles. The summed E-state index contributed by atoms with van der Waals surface area (Å²) in [6.45, 7) is 7.14. The lowest BCUT2D eigenvalue weighted by atomic mass is 10.1. The lowest BCUT2D eigenvalue weighted by Gasteiger charge is -2.10.